The third-order valence-corrected chi connectivity index (χ3v) is 5.58. The van der Waals surface area contributed by atoms with Crippen LogP contribution in [0.25, 0.3) is 0 Å². The summed E-state index contributed by atoms with van der Waals surface area (Å²) in [6.45, 7) is 8.25. The largest absolute Gasteiger partial charge is 0.295 e. The molecule has 0 radical (unpaired) electrons. The summed E-state index contributed by atoms with van der Waals surface area (Å²) in [6, 6.07) is 8.71. The molecule has 1 atom stereocenters. The summed E-state index contributed by atoms with van der Waals surface area (Å²) in [6.07, 6.45) is 0.779. The first kappa shape index (κ1) is 15.5. The van der Waals surface area contributed by atoms with Gasteiger partial charge in [-0.3, -0.25) is 4.90 Å². The van der Waals surface area contributed by atoms with Gasteiger partial charge in [-0.15, -0.1) is 0 Å². The van der Waals surface area contributed by atoms with E-state index in [2.05, 4.69) is 49.9 Å². The molecule has 0 unspecified atom stereocenters. The van der Waals surface area contributed by atoms with Crippen LogP contribution >= 0.6 is 0 Å². The second kappa shape index (κ2) is 6.27. The molecule has 1 heterocycles. The molecular weight excluding hydrogens is 270 g/mol. The number of nitrogens with zero attached hydrogens (tertiary/aromatic N) is 1. The van der Waals surface area contributed by atoms with E-state index < -0.39 is 9.84 Å². The molecule has 0 aromatic heterocycles. The molecule has 0 aliphatic carbocycles. The van der Waals surface area contributed by atoms with Crippen LogP contribution in [0.4, 0.5) is 0 Å². The topological polar surface area (TPSA) is 37.4 Å². The Morgan fingerprint density at radius 1 is 1.25 bits per heavy atom. The first-order valence-corrected chi connectivity index (χ1v) is 9.18. The molecule has 1 aliphatic heterocycles. The van der Waals surface area contributed by atoms with E-state index in [9.17, 15) is 8.42 Å². The zero-order valence-corrected chi connectivity index (χ0v) is 13.5. The Bertz CT molecular complexity index is 534. The summed E-state index contributed by atoms with van der Waals surface area (Å²) in [5, 5.41) is 0. The van der Waals surface area contributed by atoms with Crippen LogP contribution in [-0.4, -0.2) is 37.4 Å². The van der Waals surface area contributed by atoms with Crippen molar-refractivity contribution in [1.82, 2.24) is 4.90 Å². The number of aryl methyl sites for hydroxylation is 1. The van der Waals surface area contributed by atoms with Crippen molar-refractivity contribution in [2.45, 2.75) is 39.8 Å². The highest BCUT2D eigenvalue weighted by atomic mass is 32.2. The Kier molecular flexibility index (Phi) is 4.86. The van der Waals surface area contributed by atoms with Gasteiger partial charge in [0.05, 0.1) is 11.5 Å². The molecule has 4 heteroatoms. The highest BCUT2D eigenvalue weighted by Gasteiger charge is 2.32. The van der Waals surface area contributed by atoms with Gasteiger partial charge in [0.15, 0.2) is 9.84 Å². The Hall–Kier alpha value is -0.870. The van der Waals surface area contributed by atoms with Crippen molar-refractivity contribution in [2.75, 3.05) is 18.1 Å². The van der Waals surface area contributed by atoms with E-state index >= 15 is 0 Å². The van der Waals surface area contributed by atoms with Gasteiger partial charge in [-0.25, -0.2) is 8.42 Å². The van der Waals surface area contributed by atoms with Gasteiger partial charge in [-0.05, 0) is 24.8 Å². The van der Waals surface area contributed by atoms with Crippen LogP contribution in [0.3, 0.4) is 0 Å². The van der Waals surface area contributed by atoms with Crippen molar-refractivity contribution in [1.29, 1.82) is 0 Å². The van der Waals surface area contributed by atoms with E-state index in [1.807, 2.05) is 0 Å². The Balaban J connectivity index is 2.09. The molecule has 2 rings (SSSR count). The molecule has 1 aliphatic rings. The number of benzene rings is 1. The molecule has 20 heavy (non-hydrogen) atoms. The minimum Gasteiger partial charge on any atom is -0.295 e. The zero-order chi connectivity index (χ0) is 14.8. The molecule has 0 amide bonds. The van der Waals surface area contributed by atoms with Gasteiger partial charge in [0.25, 0.3) is 0 Å². The normalized spacial score (nSPS) is 21.8. The lowest BCUT2D eigenvalue weighted by atomic mass is 10.1. The van der Waals surface area contributed by atoms with Crippen LogP contribution < -0.4 is 0 Å². The van der Waals surface area contributed by atoms with Gasteiger partial charge in [0.1, 0.15) is 0 Å². The van der Waals surface area contributed by atoms with Crippen molar-refractivity contribution in [3.05, 3.63) is 35.4 Å². The summed E-state index contributed by atoms with van der Waals surface area (Å²) in [7, 11) is -2.82. The van der Waals surface area contributed by atoms with E-state index in [1.54, 1.807) is 0 Å². The fraction of sp³-hybridized carbons (Fsp3) is 0.625. The van der Waals surface area contributed by atoms with Crippen LogP contribution in [0.5, 0.6) is 0 Å². The van der Waals surface area contributed by atoms with E-state index in [4.69, 9.17) is 0 Å². The standard InChI is InChI=1S/C16H25NO2S/c1-13(2)10-17(16-8-9-20(18,19)12-16)11-15-6-4-14(3)5-7-15/h4-7,13,16H,8-12H2,1-3H3/t16-/m1/s1. The number of hydrogen-bond acceptors (Lipinski definition) is 3. The van der Waals surface area contributed by atoms with Gasteiger partial charge in [0.2, 0.25) is 0 Å². The molecular formula is C16H25NO2S. The van der Waals surface area contributed by atoms with Crippen molar-refractivity contribution in [2.24, 2.45) is 5.92 Å². The zero-order valence-electron chi connectivity index (χ0n) is 12.7. The van der Waals surface area contributed by atoms with Crippen LogP contribution in [0.1, 0.15) is 31.4 Å². The third kappa shape index (κ3) is 4.32. The highest BCUT2D eigenvalue weighted by Crippen LogP contribution is 2.21. The second-order valence-electron chi connectivity index (χ2n) is 6.37. The van der Waals surface area contributed by atoms with E-state index in [0.29, 0.717) is 17.4 Å². The molecule has 112 valence electrons. The van der Waals surface area contributed by atoms with Crippen LogP contribution in [0, 0.1) is 12.8 Å². The second-order valence-corrected chi connectivity index (χ2v) is 8.59. The summed E-state index contributed by atoms with van der Waals surface area (Å²) in [4.78, 5) is 2.35. The van der Waals surface area contributed by atoms with Crippen molar-refractivity contribution in [3.8, 4) is 0 Å². The molecule has 1 aromatic carbocycles. The Morgan fingerprint density at radius 2 is 1.90 bits per heavy atom. The Morgan fingerprint density at radius 3 is 2.40 bits per heavy atom. The lowest BCUT2D eigenvalue weighted by Crippen LogP contribution is -2.38. The van der Waals surface area contributed by atoms with Crippen LogP contribution in [0.2, 0.25) is 0 Å². The van der Waals surface area contributed by atoms with E-state index in [0.717, 1.165) is 19.5 Å². The summed E-state index contributed by atoms with van der Waals surface area (Å²) in [5.74, 6) is 1.22. The summed E-state index contributed by atoms with van der Waals surface area (Å²) >= 11 is 0. The van der Waals surface area contributed by atoms with E-state index in [-0.39, 0.29) is 6.04 Å². The third-order valence-electron chi connectivity index (χ3n) is 3.83. The van der Waals surface area contributed by atoms with Crippen molar-refractivity contribution in [3.63, 3.8) is 0 Å². The molecule has 1 fully saturated rings. The maximum Gasteiger partial charge on any atom is 0.151 e. The molecule has 1 saturated heterocycles. The smallest absolute Gasteiger partial charge is 0.151 e. The Labute approximate surface area is 122 Å². The average Bonchev–Trinajstić information content (AvgIpc) is 2.71. The van der Waals surface area contributed by atoms with Gasteiger partial charge < -0.3 is 0 Å². The molecule has 3 nitrogen and oxygen atoms in total. The predicted octanol–water partition coefficient (Wildman–Crippen LogP) is 2.64. The fourth-order valence-corrected chi connectivity index (χ4v) is 4.56. The maximum absolute atomic E-state index is 11.7. The minimum atomic E-state index is -2.82. The lowest BCUT2D eigenvalue weighted by molar-refractivity contribution is 0.181. The quantitative estimate of drug-likeness (QED) is 0.838. The molecule has 0 spiro atoms. The van der Waals surface area contributed by atoms with Gasteiger partial charge in [-0.2, -0.15) is 0 Å². The first-order chi connectivity index (χ1) is 9.35. The molecule has 0 N–H and O–H groups in total. The van der Waals surface area contributed by atoms with Gasteiger partial charge >= 0.3 is 0 Å². The number of sulfone groups is 1. The highest BCUT2D eigenvalue weighted by molar-refractivity contribution is 7.91. The average molecular weight is 295 g/mol. The van der Waals surface area contributed by atoms with Crippen LogP contribution in [0.15, 0.2) is 24.3 Å². The monoisotopic (exact) mass is 295 g/mol. The van der Waals surface area contributed by atoms with Gasteiger partial charge in [-0.1, -0.05) is 43.7 Å². The van der Waals surface area contributed by atoms with Crippen molar-refractivity contribution < 1.29 is 8.42 Å². The summed E-state index contributed by atoms with van der Waals surface area (Å²) in [5.41, 5.74) is 2.52. The lowest BCUT2D eigenvalue weighted by Gasteiger charge is -2.29. The van der Waals surface area contributed by atoms with Crippen LogP contribution in [-0.2, 0) is 16.4 Å². The van der Waals surface area contributed by atoms with Gasteiger partial charge in [0, 0.05) is 19.1 Å². The number of rotatable bonds is 5. The molecule has 0 saturated carbocycles. The van der Waals surface area contributed by atoms with Crippen molar-refractivity contribution >= 4 is 9.84 Å². The fourth-order valence-electron chi connectivity index (χ4n) is 2.80. The predicted molar refractivity (Wildman–Crippen MR) is 83.5 cm³/mol. The van der Waals surface area contributed by atoms with E-state index in [1.165, 1.54) is 11.1 Å². The maximum atomic E-state index is 11.7. The minimum absolute atomic E-state index is 0.184. The summed E-state index contributed by atoms with van der Waals surface area (Å²) < 4.78 is 23.4. The first-order valence-electron chi connectivity index (χ1n) is 7.36. The number of hydrogen-bond donors (Lipinski definition) is 0. The SMILES string of the molecule is Cc1ccc(CN(CC(C)C)[C@@H]2CCS(=O)(=O)C2)cc1. The molecule has 1 aromatic rings. The molecule has 0 bridgehead atoms.